The molecule has 0 bridgehead atoms. The van der Waals surface area contributed by atoms with Gasteiger partial charge in [0.15, 0.2) is 5.15 Å². The zero-order valence-electron chi connectivity index (χ0n) is 10.5. The highest BCUT2D eigenvalue weighted by Crippen LogP contribution is 2.18. The molecule has 1 fully saturated rings. The van der Waals surface area contributed by atoms with Crippen LogP contribution in [0.3, 0.4) is 0 Å². The van der Waals surface area contributed by atoms with E-state index in [1.165, 1.54) is 12.8 Å². The highest BCUT2D eigenvalue weighted by Gasteiger charge is 2.18. The van der Waals surface area contributed by atoms with Crippen LogP contribution in [-0.4, -0.2) is 35.4 Å². The minimum atomic E-state index is -0.0287. The summed E-state index contributed by atoms with van der Waals surface area (Å²) in [7, 11) is 0. The summed E-state index contributed by atoms with van der Waals surface area (Å²) < 4.78 is 0. The number of pyridine rings is 1. The fraction of sp³-hybridized carbons (Fsp3) is 0.538. The third kappa shape index (κ3) is 3.68. The summed E-state index contributed by atoms with van der Waals surface area (Å²) in [4.78, 5) is 18.0. The van der Waals surface area contributed by atoms with E-state index in [9.17, 15) is 4.79 Å². The van der Waals surface area contributed by atoms with Crippen molar-refractivity contribution in [1.29, 1.82) is 0 Å². The fourth-order valence-electron chi connectivity index (χ4n) is 2.30. The van der Waals surface area contributed by atoms with Gasteiger partial charge in [-0.05, 0) is 37.4 Å². The lowest BCUT2D eigenvalue weighted by molar-refractivity contribution is -0.117. The lowest BCUT2D eigenvalue weighted by Crippen LogP contribution is -2.39. The Kier molecular flexibility index (Phi) is 4.55. The third-order valence-corrected chi connectivity index (χ3v) is 3.44. The number of carbonyl (C=O) groups is 1. The van der Waals surface area contributed by atoms with Crippen LogP contribution >= 0.6 is 11.6 Å². The molecule has 1 saturated heterocycles. The molecule has 5 heteroatoms. The van der Waals surface area contributed by atoms with Crippen LogP contribution in [0.15, 0.2) is 18.3 Å². The number of hydrogen-bond donors (Lipinski definition) is 1. The van der Waals surface area contributed by atoms with Crippen LogP contribution in [0.2, 0.25) is 5.15 Å². The number of halogens is 1. The minimum Gasteiger partial charge on any atom is -0.322 e. The molecule has 0 aromatic carbocycles. The van der Waals surface area contributed by atoms with E-state index in [-0.39, 0.29) is 5.91 Å². The lowest BCUT2D eigenvalue weighted by Gasteiger charge is -2.30. The van der Waals surface area contributed by atoms with Crippen molar-refractivity contribution >= 4 is 23.2 Å². The van der Waals surface area contributed by atoms with E-state index in [1.807, 2.05) is 0 Å². The van der Waals surface area contributed by atoms with Gasteiger partial charge in [0.2, 0.25) is 5.91 Å². The molecule has 1 amide bonds. The molecule has 2 rings (SSSR count). The number of carbonyl (C=O) groups excluding carboxylic acids is 1. The molecule has 1 aromatic rings. The molecule has 4 nitrogen and oxygen atoms in total. The number of nitrogens with zero attached hydrogens (tertiary/aromatic N) is 2. The molecule has 0 saturated carbocycles. The Bertz CT molecular complexity index is 424. The van der Waals surface area contributed by atoms with Crippen LogP contribution in [0, 0.1) is 5.92 Å². The molecule has 1 aliphatic heterocycles. The highest BCUT2D eigenvalue weighted by atomic mass is 35.5. The van der Waals surface area contributed by atoms with E-state index >= 15 is 0 Å². The minimum absolute atomic E-state index is 0.0287. The van der Waals surface area contributed by atoms with E-state index in [1.54, 1.807) is 18.3 Å². The predicted molar refractivity (Wildman–Crippen MR) is 72.7 cm³/mol. The Morgan fingerprint density at radius 1 is 1.67 bits per heavy atom. The number of rotatable bonds is 3. The van der Waals surface area contributed by atoms with Crippen molar-refractivity contribution in [2.45, 2.75) is 19.8 Å². The maximum Gasteiger partial charge on any atom is 0.238 e. The van der Waals surface area contributed by atoms with Crippen LogP contribution in [0.4, 0.5) is 5.69 Å². The molecule has 2 heterocycles. The molecule has 0 spiro atoms. The topological polar surface area (TPSA) is 45.2 Å². The quantitative estimate of drug-likeness (QED) is 0.856. The summed E-state index contributed by atoms with van der Waals surface area (Å²) in [6.45, 7) is 4.64. The second-order valence-electron chi connectivity index (χ2n) is 4.87. The molecular formula is C13H18ClN3O. The van der Waals surface area contributed by atoms with Gasteiger partial charge in [0.1, 0.15) is 0 Å². The van der Waals surface area contributed by atoms with Gasteiger partial charge in [-0.25, -0.2) is 4.98 Å². The van der Waals surface area contributed by atoms with E-state index in [0.717, 1.165) is 13.1 Å². The van der Waals surface area contributed by atoms with Gasteiger partial charge in [0, 0.05) is 12.7 Å². The average molecular weight is 268 g/mol. The van der Waals surface area contributed by atoms with Gasteiger partial charge in [0.05, 0.1) is 12.2 Å². The first-order valence-electron chi connectivity index (χ1n) is 6.28. The second-order valence-corrected chi connectivity index (χ2v) is 5.23. The van der Waals surface area contributed by atoms with Gasteiger partial charge in [-0.2, -0.15) is 0 Å². The van der Waals surface area contributed by atoms with Crippen molar-refractivity contribution in [3.63, 3.8) is 0 Å². The zero-order chi connectivity index (χ0) is 13.0. The van der Waals surface area contributed by atoms with Crippen LogP contribution in [-0.2, 0) is 4.79 Å². The summed E-state index contributed by atoms with van der Waals surface area (Å²) in [5.74, 6) is 0.646. The maximum absolute atomic E-state index is 11.9. The molecule has 0 radical (unpaired) electrons. The Morgan fingerprint density at radius 2 is 2.50 bits per heavy atom. The number of anilines is 1. The molecule has 0 aliphatic carbocycles. The molecule has 1 atom stereocenters. The summed E-state index contributed by atoms with van der Waals surface area (Å²) >= 11 is 5.89. The number of likely N-dealkylation sites (tertiary alicyclic amines) is 1. The van der Waals surface area contributed by atoms with E-state index in [2.05, 4.69) is 22.1 Å². The van der Waals surface area contributed by atoms with Gasteiger partial charge in [0.25, 0.3) is 0 Å². The first kappa shape index (κ1) is 13.3. The van der Waals surface area contributed by atoms with E-state index in [0.29, 0.717) is 23.3 Å². The monoisotopic (exact) mass is 267 g/mol. The molecule has 1 aromatic heterocycles. The molecule has 18 heavy (non-hydrogen) atoms. The largest absolute Gasteiger partial charge is 0.322 e. The Hall–Kier alpha value is -1.13. The standard InChI is InChI=1S/C13H18ClN3O/c1-10-4-3-7-17(8-10)9-12(18)16-11-5-2-6-15-13(11)14/h2,5-6,10H,3-4,7-9H2,1H3,(H,16,18). The van der Waals surface area contributed by atoms with Crippen LogP contribution in [0.5, 0.6) is 0 Å². The van der Waals surface area contributed by atoms with Gasteiger partial charge >= 0.3 is 0 Å². The number of aromatic nitrogens is 1. The summed E-state index contributed by atoms with van der Waals surface area (Å²) in [6, 6.07) is 3.51. The normalized spacial score (nSPS) is 20.7. The average Bonchev–Trinajstić information content (AvgIpc) is 2.32. The molecular weight excluding hydrogens is 250 g/mol. The summed E-state index contributed by atoms with van der Waals surface area (Å²) in [5.41, 5.74) is 0.578. The lowest BCUT2D eigenvalue weighted by atomic mass is 10.0. The SMILES string of the molecule is CC1CCCN(CC(=O)Nc2cccnc2Cl)C1. The van der Waals surface area contributed by atoms with E-state index < -0.39 is 0 Å². The van der Waals surface area contributed by atoms with Crippen LogP contribution in [0.1, 0.15) is 19.8 Å². The predicted octanol–water partition coefficient (Wildman–Crippen LogP) is 2.41. The van der Waals surface area contributed by atoms with Crippen molar-refractivity contribution in [3.8, 4) is 0 Å². The molecule has 1 aliphatic rings. The summed E-state index contributed by atoms with van der Waals surface area (Å²) in [5, 5.41) is 3.13. The van der Waals surface area contributed by atoms with Crippen molar-refractivity contribution in [1.82, 2.24) is 9.88 Å². The molecule has 98 valence electrons. The number of amides is 1. The Labute approximate surface area is 112 Å². The van der Waals surface area contributed by atoms with Crippen LogP contribution in [0.25, 0.3) is 0 Å². The van der Waals surface area contributed by atoms with Gasteiger partial charge in [-0.1, -0.05) is 18.5 Å². The zero-order valence-corrected chi connectivity index (χ0v) is 11.3. The molecule has 1 unspecified atom stereocenters. The molecule has 1 N–H and O–H groups in total. The third-order valence-electron chi connectivity index (χ3n) is 3.14. The van der Waals surface area contributed by atoms with Crippen molar-refractivity contribution < 1.29 is 4.79 Å². The van der Waals surface area contributed by atoms with Crippen molar-refractivity contribution in [2.24, 2.45) is 5.92 Å². The highest BCUT2D eigenvalue weighted by molar-refractivity contribution is 6.32. The smallest absolute Gasteiger partial charge is 0.238 e. The van der Waals surface area contributed by atoms with E-state index in [4.69, 9.17) is 11.6 Å². The Balaban J connectivity index is 1.87. The van der Waals surface area contributed by atoms with Crippen LogP contribution < -0.4 is 5.32 Å². The first-order valence-corrected chi connectivity index (χ1v) is 6.65. The maximum atomic E-state index is 11.9. The fourth-order valence-corrected chi connectivity index (χ4v) is 2.47. The Morgan fingerprint density at radius 3 is 3.22 bits per heavy atom. The second kappa shape index (κ2) is 6.16. The van der Waals surface area contributed by atoms with Crippen molar-refractivity contribution in [3.05, 3.63) is 23.5 Å². The number of hydrogen-bond acceptors (Lipinski definition) is 3. The summed E-state index contributed by atoms with van der Waals surface area (Å²) in [6.07, 6.45) is 4.03. The van der Waals surface area contributed by atoms with Crippen molar-refractivity contribution in [2.75, 3.05) is 25.0 Å². The first-order chi connectivity index (χ1) is 8.65. The van der Waals surface area contributed by atoms with Gasteiger partial charge < -0.3 is 5.32 Å². The number of nitrogens with one attached hydrogen (secondary N) is 1. The van der Waals surface area contributed by atoms with Gasteiger partial charge in [-0.15, -0.1) is 0 Å². The van der Waals surface area contributed by atoms with Gasteiger partial charge in [-0.3, -0.25) is 9.69 Å². The number of piperidine rings is 1.